The summed E-state index contributed by atoms with van der Waals surface area (Å²) < 4.78 is 7.99. The minimum Gasteiger partial charge on any atom is -0.483 e. The largest absolute Gasteiger partial charge is 0.483 e. The van der Waals surface area contributed by atoms with E-state index in [0.29, 0.717) is 24.8 Å². The molecule has 0 aliphatic heterocycles. The zero-order chi connectivity index (χ0) is 25.7. The van der Waals surface area contributed by atoms with E-state index < -0.39 is 0 Å². The third-order valence-corrected chi connectivity index (χ3v) is 6.06. The molecule has 2 N–H and O–H groups in total. The Labute approximate surface area is 217 Å². The van der Waals surface area contributed by atoms with Crippen molar-refractivity contribution >= 4 is 11.8 Å². The van der Waals surface area contributed by atoms with Gasteiger partial charge in [-0.3, -0.25) is 9.78 Å². The SMILES string of the molecule is Cc1c(OCc2ccccc2)c(=O)ccn1CCCCCCNc1ccnc(NCc2ccccn2)n1. The maximum atomic E-state index is 12.3. The van der Waals surface area contributed by atoms with E-state index in [9.17, 15) is 4.79 Å². The molecule has 0 aliphatic carbocycles. The van der Waals surface area contributed by atoms with Gasteiger partial charge in [0.1, 0.15) is 12.4 Å². The third-order valence-electron chi connectivity index (χ3n) is 6.06. The summed E-state index contributed by atoms with van der Waals surface area (Å²) in [6.45, 7) is 4.64. The minimum atomic E-state index is -0.0735. The second-order valence-corrected chi connectivity index (χ2v) is 8.84. The Morgan fingerprint density at radius 1 is 0.865 bits per heavy atom. The molecule has 4 aromatic rings. The summed E-state index contributed by atoms with van der Waals surface area (Å²) in [5.41, 5.74) is 2.79. The highest BCUT2D eigenvalue weighted by Gasteiger charge is 2.09. The van der Waals surface area contributed by atoms with Crippen LogP contribution in [0, 0.1) is 6.92 Å². The third kappa shape index (κ3) is 8.17. The topological polar surface area (TPSA) is 94.0 Å². The number of unbranched alkanes of at least 4 members (excludes halogenated alkanes) is 3. The van der Waals surface area contributed by atoms with Crippen molar-refractivity contribution in [2.45, 2.75) is 52.3 Å². The standard InChI is InChI=1S/C29H34N6O2/c1-23-28(37-22-24-11-5-4-6-12-24)26(36)15-20-35(23)19-10-3-2-8-17-31-27-14-18-32-29(34-27)33-21-25-13-7-9-16-30-25/h4-7,9,11-16,18,20H,2-3,8,10,17,19,21-22H2,1H3,(H2,31,32,33,34). The van der Waals surface area contributed by atoms with Gasteiger partial charge in [-0.15, -0.1) is 0 Å². The number of nitrogens with one attached hydrogen (secondary N) is 2. The Hall–Kier alpha value is -4.20. The van der Waals surface area contributed by atoms with Gasteiger partial charge in [-0.2, -0.15) is 4.98 Å². The Bertz CT molecular complexity index is 1290. The van der Waals surface area contributed by atoms with Crippen LogP contribution in [0.5, 0.6) is 5.75 Å². The molecule has 0 saturated heterocycles. The van der Waals surface area contributed by atoms with Crippen molar-refractivity contribution < 1.29 is 4.74 Å². The molecule has 0 bridgehead atoms. The molecule has 37 heavy (non-hydrogen) atoms. The summed E-state index contributed by atoms with van der Waals surface area (Å²) in [6, 6.07) is 19.2. The molecule has 192 valence electrons. The Morgan fingerprint density at radius 3 is 2.54 bits per heavy atom. The number of aromatic nitrogens is 4. The Balaban J connectivity index is 1.15. The van der Waals surface area contributed by atoms with E-state index in [1.54, 1.807) is 18.5 Å². The van der Waals surface area contributed by atoms with Crippen LogP contribution in [0.2, 0.25) is 0 Å². The number of hydrogen-bond donors (Lipinski definition) is 2. The fraction of sp³-hybridized carbons (Fsp3) is 0.310. The number of rotatable bonds is 14. The molecule has 0 amide bonds. The summed E-state index contributed by atoms with van der Waals surface area (Å²) >= 11 is 0. The monoisotopic (exact) mass is 498 g/mol. The molecule has 8 nitrogen and oxygen atoms in total. The zero-order valence-corrected chi connectivity index (χ0v) is 21.3. The zero-order valence-electron chi connectivity index (χ0n) is 21.3. The normalized spacial score (nSPS) is 10.7. The maximum Gasteiger partial charge on any atom is 0.224 e. The number of anilines is 2. The van der Waals surface area contributed by atoms with Crippen LogP contribution in [0.25, 0.3) is 0 Å². The second-order valence-electron chi connectivity index (χ2n) is 8.84. The van der Waals surface area contributed by atoms with Gasteiger partial charge in [0.15, 0.2) is 5.75 Å². The van der Waals surface area contributed by atoms with Crippen molar-refractivity contribution in [2.24, 2.45) is 0 Å². The number of nitrogens with zero attached hydrogens (tertiary/aromatic N) is 4. The fourth-order valence-electron chi connectivity index (χ4n) is 3.99. The molecule has 8 heteroatoms. The lowest BCUT2D eigenvalue weighted by molar-refractivity contribution is 0.296. The lowest BCUT2D eigenvalue weighted by atomic mass is 10.2. The van der Waals surface area contributed by atoms with Crippen molar-refractivity contribution in [2.75, 3.05) is 17.2 Å². The first-order valence-electron chi connectivity index (χ1n) is 12.8. The average Bonchev–Trinajstić information content (AvgIpc) is 2.94. The summed E-state index contributed by atoms with van der Waals surface area (Å²) in [4.78, 5) is 25.4. The molecule has 0 atom stereocenters. The van der Waals surface area contributed by atoms with E-state index >= 15 is 0 Å². The highest BCUT2D eigenvalue weighted by atomic mass is 16.5. The van der Waals surface area contributed by atoms with Crippen molar-refractivity contribution in [1.29, 1.82) is 0 Å². The predicted molar refractivity (Wildman–Crippen MR) is 147 cm³/mol. The first-order chi connectivity index (χ1) is 18.2. The van der Waals surface area contributed by atoms with Gasteiger partial charge in [-0.1, -0.05) is 49.2 Å². The van der Waals surface area contributed by atoms with Gasteiger partial charge in [0.2, 0.25) is 11.4 Å². The molecule has 0 aliphatic rings. The van der Waals surface area contributed by atoms with E-state index in [1.165, 1.54) is 0 Å². The maximum absolute atomic E-state index is 12.3. The predicted octanol–water partition coefficient (Wildman–Crippen LogP) is 5.21. The van der Waals surface area contributed by atoms with Gasteiger partial charge >= 0.3 is 0 Å². The van der Waals surface area contributed by atoms with Gasteiger partial charge < -0.3 is 19.9 Å². The Kier molecular flexibility index (Phi) is 9.63. The number of ether oxygens (including phenoxy) is 1. The quantitative estimate of drug-likeness (QED) is 0.231. The van der Waals surface area contributed by atoms with Gasteiger partial charge in [-0.05, 0) is 43.5 Å². The van der Waals surface area contributed by atoms with Crippen LogP contribution in [0.4, 0.5) is 11.8 Å². The fourth-order valence-corrected chi connectivity index (χ4v) is 3.99. The van der Waals surface area contributed by atoms with Gasteiger partial charge in [0.05, 0.1) is 17.9 Å². The van der Waals surface area contributed by atoms with E-state index in [2.05, 4.69) is 30.2 Å². The van der Waals surface area contributed by atoms with Crippen LogP contribution in [0.3, 0.4) is 0 Å². The average molecular weight is 499 g/mol. The molecule has 0 spiro atoms. The lowest BCUT2D eigenvalue weighted by Crippen LogP contribution is -2.15. The molecule has 1 aromatic carbocycles. The first-order valence-corrected chi connectivity index (χ1v) is 12.8. The molecular formula is C29H34N6O2. The smallest absolute Gasteiger partial charge is 0.224 e. The van der Waals surface area contributed by atoms with E-state index in [4.69, 9.17) is 4.74 Å². The molecule has 0 saturated carbocycles. The summed E-state index contributed by atoms with van der Waals surface area (Å²) in [5, 5.41) is 6.59. The van der Waals surface area contributed by atoms with Gasteiger partial charge in [0.25, 0.3) is 0 Å². The molecule has 0 radical (unpaired) electrons. The van der Waals surface area contributed by atoms with Crippen molar-refractivity contribution in [3.05, 3.63) is 106 Å². The molecule has 0 unspecified atom stereocenters. The van der Waals surface area contributed by atoms with Crippen LogP contribution in [-0.4, -0.2) is 26.1 Å². The summed E-state index contributed by atoms with van der Waals surface area (Å²) in [7, 11) is 0. The molecule has 0 fully saturated rings. The first kappa shape index (κ1) is 25.9. The number of hydrogen-bond acceptors (Lipinski definition) is 7. The van der Waals surface area contributed by atoms with Gasteiger partial charge in [-0.25, -0.2) is 4.98 Å². The summed E-state index contributed by atoms with van der Waals surface area (Å²) in [6.07, 6.45) is 9.69. The number of aryl methyl sites for hydroxylation is 1. The van der Waals surface area contributed by atoms with E-state index in [0.717, 1.165) is 61.5 Å². The number of pyridine rings is 2. The highest BCUT2D eigenvalue weighted by Crippen LogP contribution is 2.15. The highest BCUT2D eigenvalue weighted by molar-refractivity contribution is 5.39. The molecule has 4 rings (SSSR count). The van der Waals surface area contributed by atoms with Crippen molar-refractivity contribution in [3.8, 4) is 5.75 Å². The van der Waals surface area contributed by atoms with E-state index in [-0.39, 0.29) is 5.43 Å². The van der Waals surface area contributed by atoms with Crippen LogP contribution >= 0.6 is 0 Å². The van der Waals surface area contributed by atoms with E-state index in [1.807, 2.05) is 67.7 Å². The summed E-state index contributed by atoms with van der Waals surface area (Å²) in [5.74, 6) is 1.83. The van der Waals surface area contributed by atoms with Crippen LogP contribution < -0.4 is 20.8 Å². The van der Waals surface area contributed by atoms with Gasteiger partial charge in [0, 0.05) is 37.7 Å². The molecule has 3 heterocycles. The van der Waals surface area contributed by atoms with Crippen LogP contribution in [0.1, 0.15) is 42.6 Å². The van der Waals surface area contributed by atoms with Crippen LogP contribution in [0.15, 0.2) is 84.0 Å². The second kappa shape index (κ2) is 13.8. The molecule has 3 aromatic heterocycles. The van der Waals surface area contributed by atoms with Crippen molar-refractivity contribution in [3.63, 3.8) is 0 Å². The molecular weight excluding hydrogens is 464 g/mol. The number of benzene rings is 1. The Morgan fingerprint density at radius 2 is 1.70 bits per heavy atom. The van der Waals surface area contributed by atoms with Crippen LogP contribution in [-0.2, 0) is 19.7 Å². The lowest BCUT2D eigenvalue weighted by Gasteiger charge is -2.15. The minimum absolute atomic E-state index is 0.0735. The van der Waals surface area contributed by atoms with Crippen molar-refractivity contribution in [1.82, 2.24) is 19.5 Å².